The van der Waals surface area contributed by atoms with Gasteiger partial charge in [-0.3, -0.25) is 4.79 Å². The van der Waals surface area contributed by atoms with Crippen LogP contribution in [0.4, 0.5) is 0 Å². The number of aryl methyl sites for hydroxylation is 1. The number of carbonyl (C=O) groups is 1. The number of rotatable bonds is 6. The molecule has 5 heteroatoms. The van der Waals surface area contributed by atoms with Crippen molar-refractivity contribution in [3.8, 4) is 5.75 Å². The number of hydrogen-bond donors (Lipinski definition) is 1. The van der Waals surface area contributed by atoms with E-state index in [0.717, 1.165) is 23.6 Å². The fourth-order valence-electron chi connectivity index (χ4n) is 5.91. The van der Waals surface area contributed by atoms with E-state index in [1.807, 2.05) is 12.1 Å². The quantitative estimate of drug-likeness (QED) is 0.604. The molecule has 0 spiro atoms. The van der Waals surface area contributed by atoms with Gasteiger partial charge in [-0.05, 0) is 79.5 Å². The van der Waals surface area contributed by atoms with Crippen molar-refractivity contribution >= 4 is 17.5 Å². The monoisotopic (exact) mass is 441 g/mol. The highest BCUT2D eigenvalue weighted by molar-refractivity contribution is 6.30. The number of ether oxygens (including phenoxy) is 2. The molecule has 1 aliphatic heterocycles. The summed E-state index contributed by atoms with van der Waals surface area (Å²) in [5.74, 6) is 1.87. The highest BCUT2D eigenvalue weighted by Crippen LogP contribution is 2.58. The van der Waals surface area contributed by atoms with Gasteiger partial charge in [0.05, 0.1) is 12.0 Å². The van der Waals surface area contributed by atoms with Crippen molar-refractivity contribution in [3.05, 3.63) is 64.2 Å². The number of halogens is 1. The Morgan fingerprint density at radius 3 is 2.58 bits per heavy atom. The predicted octanol–water partition coefficient (Wildman–Crippen LogP) is 5.48. The highest BCUT2D eigenvalue weighted by atomic mass is 35.5. The average molecular weight is 442 g/mol. The summed E-state index contributed by atoms with van der Waals surface area (Å²) < 4.78 is 10.9. The van der Waals surface area contributed by atoms with Crippen LogP contribution in [-0.4, -0.2) is 32.3 Å². The number of fused-ring (bicyclic) bond motifs is 1. The number of amides is 1. The Kier molecular flexibility index (Phi) is 6.32. The van der Waals surface area contributed by atoms with E-state index in [2.05, 4.69) is 56.4 Å². The van der Waals surface area contributed by atoms with Gasteiger partial charge in [-0.15, -0.1) is 0 Å². The van der Waals surface area contributed by atoms with Crippen LogP contribution in [0.1, 0.15) is 55.2 Å². The number of hydrogen-bond acceptors (Lipinski definition) is 3. The molecule has 4 rings (SSSR count). The lowest BCUT2D eigenvalue weighted by Gasteiger charge is -2.46. The second kappa shape index (κ2) is 8.84. The van der Waals surface area contributed by atoms with Crippen LogP contribution >= 0.6 is 11.6 Å². The van der Waals surface area contributed by atoms with Gasteiger partial charge in [0, 0.05) is 24.1 Å². The minimum Gasteiger partial charge on any atom is -0.491 e. The molecular weight excluding hydrogens is 410 g/mol. The highest BCUT2D eigenvalue weighted by Gasteiger charge is 2.57. The van der Waals surface area contributed by atoms with Gasteiger partial charge in [0.2, 0.25) is 5.91 Å². The van der Waals surface area contributed by atoms with E-state index in [1.54, 1.807) is 7.11 Å². The minimum atomic E-state index is -0.336. The van der Waals surface area contributed by atoms with Crippen molar-refractivity contribution in [3.63, 3.8) is 0 Å². The zero-order valence-corrected chi connectivity index (χ0v) is 19.5. The largest absolute Gasteiger partial charge is 0.491 e. The van der Waals surface area contributed by atoms with E-state index < -0.39 is 0 Å². The molecule has 0 bridgehead atoms. The van der Waals surface area contributed by atoms with Crippen molar-refractivity contribution in [2.75, 3.05) is 20.3 Å². The SMILES string of the molecule is COCCOc1ccc([C@@H]2CC[C@@]3(C)C(=O)N[C@H](C)[C@H]3[C@H]2c2ccc(Cl)cc2)c(C)c1. The zero-order valence-electron chi connectivity index (χ0n) is 18.8. The third-order valence-corrected chi connectivity index (χ3v) is 7.65. The number of methoxy groups -OCH3 is 1. The first-order chi connectivity index (χ1) is 14.8. The Hall–Kier alpha value is -2.04. The third kappa shape index (κ3) is 4.08. The predicted molar refractivity (Wildman–Crippen MR) is 124 cm³/mol. The Labute approximate surface area is 190 Å². The molecular formula is C26H32ClNO3. The first kappa shape index (κ1) is 22.2. The molecule has 0 aromatic heterocycles. The molecule has 1 N–H and O–H groups in total. The van der Waals surface area contributed by atoms with Crippen LogP contribution < -0.4 is 10.1 Å². The lowest BCUT2D eigenvalue weighted by molar-refractivity contribution is -0.129. The summed E-state index contributed by atoms with van der Waals surface area (Å²) in [7, 11) is 1.68. The lowest BCUT2D eigenvalue weighted by atomic mass is 9.55. The molecule has 166 valence electrons. The van der Waals surface area contributed by atoms with Crippen LogP contribution in [0.2, 0.25) is 5.02 Å². The molecule has 1 amide bonds. The maximum atomic E-state index is 12.9. The molecule has 1 heterocycles. The first-order valence-corrected chi connectivity index (χ1v) is 11.5. The van der Waals surface area contributed by atoms with Crippen LogP contribution in [0.15, 0.2) is 42.5 Å². The van der Waals surface area contributed by atoms with Crippen LogP contribution in [0.5, 0.6) is 5.75 Å². The number of benzene rings is 2. The molecule has 1 saturated carbocycles. The van der Waals surface area contributed by atoms with Gasteiger partial charge >= 0.3 is 0 Å². The third-order valence-electron chi connectivity index (χ3n) is 7.40. The van der Waals surface area contributed by atoms with Crippen molar-refractivity contribution < 1.29 is 14.3 Å². The van der Waals surface area contributed by atoms with Crippen molar-refractivity contribution in [1.29, 1.82) is 0 Å². The molecule has 5 atom stereocenters. The molecule has 2 aliphatic rings. The Bertz CT molecular complexity index is 944. The second-order valence-electron chi connectivity index (χ2n) is 9.29. The molecule has 4 nitrogen and oxygen atoms in total. The van der Waals surface area contributed by atoms with Crippen LogP contribution in [-0.2, 0) is 9.53 Å². The normalized spacial score (nSPS) is 30.0. The molecule has 1 aliphatic carbocycles. The van der Waals surface area contributed by atoms with Crippen molar-refractivity contribution in [1.82, 2.24) is 5.32 Å². The van der Waals surface area contributed by atoms with Gasteiger partial charge in [0.1, 0.15) is 12.4 Å². The number of nitrogens with one attached hydrogen (secondary N) is 1. The molecule has 0 unspecified atom stereocenters. The Balaban J connectivity index is 1.72. The summed E-state index contributed by atoms with van der Waals surface area (Å²) in [6.45, 7) is 7.57. The smallest absolute Gasteiger partial charge is 0.226 e. The molecule has 31 heavy (non-hydrogen) atoms. The van der Waals surface area contributed by atoms with Gasteiger partial charge in [-0.25, -0.2) is 0 Å². The summed E-state index contributed by atoms with van der Waals surface area (Å²) in [6.07, 6.45) is 1.87. The maximum absolute atomic E-state index is 12.9. The summed E-state index contributed by atoms with van der Waals surface area (Å²) >= 11 is 6.20. The first-order valence-electron chi connectivity index (χ1n) is 11.1. The lowest BCUT2D eigenvalue weighted by Crippen LogP contribution is -2.42. The maximum Gasteiger partial charge on any atom is 0.226 e. The van der Waals surface area contributed by atoms with E-state index in [9.17, 15) is 4.79 Å². The average Bonchev–Trinajstić information content (AvgIpc) is 2.97. The fourth-order valence-corrected chi connectivity index (χ4v) is 6.03. The van der Waals surface area contributed by atoms with E-state index in [-0.39, 0.29) is 29.2 Å². The molecule has 1 saturated heterocycles. The van der Waals surface area contributed by atoms with Gasteiger partial charge < -0.3 is 14.8 Å². The topological polar surface area (TPSA) is 47.6 Å². The van der Waals surface area contributed by atoms with Crippen LogP contribution in [0, 0.1) is 18.3 Å². The summed E-state index contributed by atoms with van der Waals surface area (Å²) in [5, 5.41) is 3.98. The minimum absolute atomic E-state index is 0.137. The van der Waals surface area contributed by atoms with Gasteiger partial charge in [0.15, 0.2) is 0 Å². The summed E-state index contributed by atoms with van der Waals surface area (Å²) in [5.41, 5.74) is 3.49. The number of carbonyl (C=O) groups excluding carboxylic acids is 1. The van der Waals surface area contributed by atoms with Crippen LogP contribution in [0.3, 0.4) is 0 Å². The molecule has 0 radical (unpaired) electrons. The molecule has 2 aromatic rings. The van der Waals surface area contributed by atoms with Gasteiger partial charge in [-0.2, -0.15) is 0 Å². The van der Waals surface area contributed by atoms with Crippen molar-refractivity contribution in [2.45, 2.75) is 51.5 Å². The van der Waals surface area contributed by atoms with Gasteiger partial charge in [0.25, 0.3) is 0 Å². The summed E-state index contributed by atoms with van der Waals surface area (Å²) in [4.78, 5) is 12.9. The molecule has 2 aromatic carbocycles. The molecule has 2 fully saturated rings. The van der Waals surface area contributed by atoms with E-state index in [4.69, 9.17) is 21.1 Å². The summed E-state index contributed by atoms with van der Waals surface area (Å²) in [6, 6.07) is 14.7. The van der Waals surface area contributed by atoms with Crippen LogP contribution in [0.25, 0.3) is 0 Å². The van der Waals surface area contributed by atoms with Gasteiger partial charge in [-0.1, -0.05) is 36.7 Å². The van der Waals surface area contributed by atoms with E-state index >= 15 is 0 Å². The van der Waals surface area contributed by atoms with E-state index in [0.29, 0.717) is 19.1 Å². The Morgan fingerprint density at radius 2 is 1.90 bits per heavy atom. The standard InChI is InChI=1S/C26H32ClNO3/c1-16-15-20(31-14-13-30-4)9-10-21(16)22-11-12-26(3)24(17(2)28-25(26)29)23(22)18-5-7-19(27)8-6-18/h5-10,15,17,22-24H,11-14H2,1-4H3,(H,28,29)/t17-,22+,23+,24+,26-/m1/s1. The van der Waals surface area contributed by atoms with Crippen molar-refractivity contribution in [2.24, 2.45) is 11.3 Å². The van der Waals surface area contributed by atoms with E-state index in [1.165, 1.54) is 16.7 Å². The fraction of sp³-hybridized carbons (Fsp3) is 0.500. The Morgan fingerprint density at radius 1 is 1.16 bits per heavy atom. The second-order valence-corrected chi connectivity index (χ2v) is 9.72. The zero-order chi connectivity index (χ0) is 22.2.